The summed E-state index contributed by atoms with van der Waals surface area (Å²) in [6.07, 6.45) is 4.18. The zero-order chi connectivity index (χ0) is 12.9. The van der Waals surface area contributed by atoms with Gasteiger partial charge in [0.1, 0.15) is 5.69 Å². The third-order valence-electron chi connectivity index (χ3n) is 2.91. The topological polar surface area (TPSA) is 75.1 Å². The summed E-state index contributed by atoms with van der Waals surface area (Å²) < 4.78 is 0. The third-order valence-corrected chi connectivity index (χ3v) is 2.91. The Balaban J connectivity index is 2.58. The van der Waals surface area contributed by atoms with Gasteiger partial charge < -0.3 is 10.4 Å². The quantitative estimate of drug-likeness (QED) is 0.803. The Labute approximate surface area is 101 Å². The SMILES string of the molecule is CCC(O)(CC)CNC(=O)c1cnc(C)cn1. The van der Waals surface area contributed by atoms with E-state index < -0.39 is 5.60 Å². The Morgan fingerprint density at radius 1 is 1.35 bits per heavy atom. The van der Waals surface area contributed by atoms with Crippen LogP contribution in [0.5, 0.6) is 0 Å². The van der Waals surface area contributed by atoms with E-state index in [1.807, 2.05) is 20.8 Å². The summed E-state index contributed by atoms with van der Waals surface area (Å²) in [5.74, 6) is -0.308. The lowest BCUT2D eigenvalue weighted by atomic mass is 9.97. The lowest BCUT2D eigenvalue weighted by Gasteiger charge is -2.25. The van der Waals surface area contributed by atoms with Crippen molar-refractivity contribution in [3.8, 4) is 0 Å². The average Bonchev–Trinajstić information content (AvgIpc) is 2.36. The number of aromatic nitrogens is 2. The Morgan fingerprint density at radius 3 is 2.47 bits per heavy atom. The first-order valence-corrected chi connectivity index (χ1v) is 5.80. The molecule has 0 aliphatic heterocycles. The Hall–Kier alpha value is -1.49. The van der Waals surface area contributed by atoms with E-state index in [0.29, 0.717) is 12.8 Å². The van der Waals surface area contributed by atoms with Crippen LogP contribution in [0.1, 0.15) is 42.9 Å². The molecular weight excluding hydrogens is 218 g/mol. The molecule has 0 aliphatic rings. The van der Waals surface area contributed by atoms with E-state index in [1.54, 1.807) is 6.20 Å². The molecule has 1 aromatic rings. The van der Waals surface area contributed by atoms with Crippen molar-refractivity contribution in [3.05, 3.63) is 23.8 Å². The Kier molecular flexibility index (Phi) is 4.57. The molecule has 0 spiro atoms. The molecule has 94 valence electrons. The van der Waals surface area contributed by atoms with Crippen molar-refractivity contribution in [2.24, 2.45) is 0 Å². The van der Waals surface area contributed by atoms with E-state index in [0.717, 1.165) is 5.69 Å². The molecule has 5 nitrogen and oxygen atoms in total. The molecule has 0 unspecified atom stereocenters. The van der Waals surface area contributed by atoms with E-state index in [-0.39, 0.29) is 18.1 Å². The van der Waals surface area contributed by atoms with Crippen molar-refractivity contribution < 1.29 is 9.90 Å². The summed E-state index contributed by atoms with van der Waals surface area (Å²) in [5, 5.41) is 12.7. The third kappa shape index (κ3) is 3.78. The maximum atomic E-state index is 11.7. The van der Waals surface area contributed by atoms with Gasteiger partial charge in [-0.05, 0) is 19.8 Å². The van der Waals surface area contributed by atoms with E-state index in [1.165, 1.54) is 6.20 Å². The zero-order valence-electron chi connectivity index (χ0n) is 10.5. The van der Waals surface area contributed by atoms with Gasteiger partial charge in [-0.15, -0.1) is 0 Å². The first-order valence-electron chi connectivity index (χ1n) is 5.80. The molecule has 1 amide bonds. The van der Waals surface area contributed by atoms with Crippen molar-refractivity contribution in [2.45, 2.75) is 39.2 Å². The molecule has 0 fully saturated rings. The first kappa shape index (κ1) is 13.6. The largest absolute Gasteiger partial charge is 0.388 e. The number of hydrogen-bond acceptors (Lipinski definition) is 4. The molecule has 0 aliphatic carbocycles. The maximum Gasteiger partial charge on any atom is 0.271 e. The Morgan fingerprint density at radius 2 is 2.00 bits per heavy atom. The number of aryl methyl sites for hydroxylation is 1. The van der Waals surface area contributed by atoms with Crippen LogP contribution >= 0.6 is 0 Å². The van der Waals surface area contributed by atoms with Crippen LogP contribution in [0.25, 0.3) is 0 Å². The van der Waals surface area contributed by atoms with Crippen LogP contribution in [0.2, 0.25) is 0 Å². The lowest BCUT2D eigenvalue weighted by molar-refractivity contribution is 0.0313. The number of nitrogens with zero attached hydrogens (tertiary/aromatic N) is 2. The fraction of sp³-hybridized carbons (Fsp3) is 0.583. The minimum atomic E-state index is -0.839. The summed E-state index contributed by atoms with van der Waals surface area (Å²) in [6, 6.07) is 0. The Bertz CT molecular complexity index is 372. The molecule has 1 aromatic heterocycles. The van der Waals surface area contributed by atoms with Crippen LogP contribution in [0.4, 0.5) is 0 Å². The first-order chi connectivity index (χ1) is 8.00. The number of carbonyl (C=O) groups excluding carboxylic acids is 1. The van der Waals surface area contributed by atoms with E-state index in [2.05, 4.69) is 15.3 Å². The average molecular weight is 237 g/mol. The van der Waals surface area contributed by atoms with E-state index >= 15 is 0 Å². The second-order valence-corrected chi connectivity index (χ2v) is 4.16. The fourth-order valence-electron chi connectivity index (χ4n) is 1.35. The molecule has 5 heteroatoms. The molecule has 1 heterocycles. The number of nitrogens with one attached hydrogen (secondary N) is 1. The van der Waals surface area contributed by atoms with Crippen LogP contribution in [0.15, 0.2) is 12.4 Å². The molecule has 17 heavy (non-hydrogen) atoms. The van der Waals surface area contributed by atoms with Crippen LogP contribution in [0, 0.1) is 6.92 Å². The zero-order valence-corrected chi connectivity index (χ0v) is 10.5. The van der Waals surface area contributed by atoms with E-state index in [4.69, 9.17) is 0 Å². The van der Waals surface area contributed by atoms with Gasteiger partial charge in [0, 0.05) is 12.7 Å². The summed E-state index contributed by atoms with van der Waals surface area (Å²) in [4.78, 5) is 19.7. The van der Waals surface area contributed by atoms with Crippen molar-refractivity contribution in [2.75, 3.05) is 6.54 Å². The molecular formula is C12H19N3O2. The van der Waals surface area contributed by atoms with Gasteiger partial charge in [-0.2, -0.15) is 0 Å². The highest BCUT2D eigenvalue weighted by Gasteiger charge is 2.23. The number of amides is 1. The number of rotatable bonds is 5. The van der Waals surface area contributed by atoms with Crippen LogP contribution in [-0.2, 0) is 0 Å². The molecule has 2 N–H and O–H groups in total. The van der Waals surface area contributed by atoms with Gasteiger partial charge in [0.2, 0.25) is 0 Å². The van der Waals surface area contributed by atoms with E-state index in [9.17, 15) is 9.90 Å². The summed E-state index contributed by atoms with van der Waals surface area (Å²) in [7, 11) is 0. The van der Waals surface area contributed by atoms with Gasteiger partial charge >= 0.3 is 0 Å². The standard InChI is InChI=1S/C12H19N3O2/c1-4-12(17,5-2)8-15-11(16)10-7-13-9(3)6-14-10/h6-7,17H,4-5,8H2,1-3H3,(H,15,16). The number of carbonyl (C=O) groups is 1. The highest BCUT2D eigenvalue weighted by molar-refractivity contribution is 5.91. The minimum absolute atomic E-state index is 0.231. The molecule has 0 saturated heterocycles. The normalized spacial score (nSPS) is 11.3. The highest BCUT2D eigenvalue weighted by atomic mass is 16.3. The second kappa shape index (κ2) is 5.72. The molecule has 1 rings (SSSR count). The van der Waals surface area contributed by atoms with Crippen molar-refractivity contribution in [1.82, 2.24) is 15.3 Å². The van der Waals surface area contributed by atoms with Crippen LogP contribution in [-0.4, -0.2) is 33.1 Å². The number of aliphatic hydroxyl groups is 1. The highest BCUT2D eigenvalue weighted by Crippen LogP contribution is 2.12. The monoisotopic (exact) mass is 237 g/mol. The summed E-state index contributed by atoms with van der Waals surface area (Å²) in [5.41, 5.74) is 0.193. The molecule has 0 bridgehead atoms. The van der Waals surface area contributed by atoms with Crippen molar-refractivity contribution >= 4 is 5.91 Å². The van der Waals surface area contributed by atoms with Gasteiger partial charge in [-0.1, -0.05) is 13.8 Å². The maximum absolute atomic E-state index is 11.7. The lowest BCUT2D eigenvalue weighted by Crippen LogP contribution is -2.42. The van der Waals surface area contributed by atoms with Gasteiger partial charge in [-0.3, -0.25) is 9.78 Å². The van der Waals surface area contributed by atoms with Gasteiger partial charge in [0.25, 0.3) is 5.91 Å². The van der Waals surface area contributed by atoms with Crippen LogP contribution < -0.4 is 5.32 Å². The summed E-state index contributed by atoms with van der Waals surface area (Å²) >= 11 is 0. The molecule has 0 atom stereocenters. The summed E-state index contributed by atoms with van der Waals surface area (Å²) in [6.45, 7) is 5.82. The fourth-order valence-corrected chi connectivity index (χ4v) is 1.35. The van der Waals surface area contributed by atoms with Gasteiger partial charge in [-0.25, -0.2) is 4.98 Å². The molecule has 0 aromatic carbocycles. The van der Waals surface area contributed by atoms with Gasteiger partial charge in [0.05, 0.1) is 17.5 Å². The smallest absolute Gasteiger partial charge is 0.271 e. The predicted molar refractivity (Wildman–Crippen MR) is 64.6 cm³/mol. The van der Waals surface area contributed by atoms with Crippen molar-refractivity contribution in [3.63, 3.8) is 0 Å². The minimum Gasteiger partial charge on any atom is -0.388 e. The number of hydrogen-bond donors (Lipinski definition) is 2. The second-order valence-electron chi connectivity index (χ2n) is 4.16. The predicted octanol–water partition coefficient (Wildman–Crippen LogP) is 1.07. The molecule has 0 saturated carbocycles. The van der Waals surface area contributed by atoms with Crippen molar-refractivity contribution in [1.29, 1.82) is 0 Å². The van der Waals surface area contributed by atoms with Gasteiger partial charge in [0.15, 0.2) is 0 Å². The molecule has 0 radical (unpaired) electrons. The van der Waals surface area contributed by atoms with Crippen LogP contribution in [0.3, 0.4) is 0 Å².